The molecule has 1 aromatic carbocycles. The van der Waals surface area contributed by atoms with E-state index in [0.717, 1.165) is 6.42 Å². The van der Waals surface area contributed by atoms with Gasteiger partial charge in [0.2, 0.25) is 5.91 Å². The molecule has 0 radical (unpaired) electrons. The van der Waals surface area contributed by atoms with Crippen LogP contribution in [0.5, 0.6) is 5.75 Å². The van der Waals surface area contributed by atoms with Crippen LogP contribution in [0, 0.1) is 0 Å². The molecule has 1 amide bonds. The average molecular weight is 418 g/mol. The number of ether oxygens (including phenoxy) is 1. The molecular formula is C17H17Cl2NO3S2. The second-order valence-electron chi connectivity index (χ2n) is 5.65. The van der Waals surface area contributed by atoms with Gasteiger partial charge in [0.1, 0.15) is 11.5 Å². The maximum absolute atomic E-state index is 12.3. The van der Waals surface area contributed by atoms with Crippen LogP contribution < -0.4 is 4.74 Å². The van der Waals surface area contributed by atoms with Crippen molar-refractivity contribution in [3.63, 3.8) is 0 Å². The third-order valence-electron chi connectivity index (χ3n) is 3.91. The molecule has 0 saturated carbocycles. The van der Waals surface area contributed by atoms with Crippen molar-refractivity contribution in [2.24, 2.45) is 0 Å². The normalized spacial score (nSPS) is 14.9. The van der Waals surface area contributed by atoms with Gasteiger partial charge in [-0.3, -0.25) is 9.00 Å². The molecule has 0 saturated heterocycles. The lowest BCUT2D eigenvalue weighted by molar-refractivity contribution is -0.129. The number of benzene rings is 1. The van der Waals surface area contributed by atoms with Gasteiger partial charge in [0, 0.05) is 33.8 Å². The Morgan fingerprint density at radius 1 is 1.32 bits per heavy atom. The van der Waals surface area contributed by atoms with Crippen molar-refractivity contribution in [2.45, 2.75) is 13.0 Å². The Hall–Kier alpha value is -1.08. The third-order valence-corrected chi connectivity index (χ3v) is 6.65. The molecular weight excluding hydrogens is 401 g/mol. The summed E-state index contributed by atoms with van der Waals surface area (Å²) in [6.45, 7) is 1.54. The van der Waals surface area contributed by atoms with Gasteiger partial charge in [-0.25, -0.2) is 0 Å². The van der Waals surface area contributed by atoms with Crippen LogP contribution in [-0.2, 0) is 28.6 Å². The fourth-order valence-corrected chi connectivity index (χ4v) is 4.82. The molecule has 0 spiro atoms. The molecule has 1 aliphatic heterocycles. The molecule has 0 bridgehead atoms. The van der Waals surface area contributed by atoms with E-state index in [1.807, 2.05) is 0 Å². The largest absolute Gasteiger partial charge is 0.491 e. The fourth-order valence-electron chi connectivity index (χ4n) is 2.60. The van der Waals surface area contributed by atoms with Crippen LogP contribution >= 0.6 is 34.5 Å². The van der Waals surface area contributed by atoms with Gasteiger partial charge in [-0.05, 0) is 41.6 Å². The fraction of sp³-hybridized carbons (Fsp3) is 0.353. The summed E-state index contributed by atoms with van der Waals surface area (Å²) < 4.78 is 17.7. The Balaban J connectivity index is 1.44. The van der Waals surface area contributed by atoms with E-state index < -0.39 is 10.8 Å². The number of hydrogen-bond donors (Lipinski definition) is 0. The number of fused-ring (bicyclic) bond motifs is 1. The van der Waals surface area contributed by atoms with Gasteiger partial charge in [0.25, 0.3) is 0 Å². The summed E-state index contributed by atoms with van der Waals surface area (Å²) in [5, 5.41) is 2.99. The minimum atomic E-state index is -1.27. The number of rotatable bonds is 6. The van der Waals surface area contributed by atoms with E-state index in [2.05, 4.69) is 11.4 Å². The molecule has 0 N–H and O–H groups in total. The second-order valence-corrected chi connectivity index (χ2v) is 9.07. The van der Waals surface area contributed by atoms with Crippen LogP contribution in [0.1, 0.15) is 10.4 Å². The van der Waals surface area contributed by atoms with E-state index >= 15 is 0 Å². The quantitative estimate of drug-likeness (QED) is 0.718. The number of thiophene rings is 1. The highest BCUT2D eigenvalue weighted by atomic mass is 35.5. The molecule has 3 rings (SSSR count). The standard InChI is InChI=1S/C17H17Cl2NO3S2/c18-13-1-2-15(14(19)9-13)23-6-8-25(22)11-17(21)20-5-3-16-12(10-20)4-7-24-16/h1-2,4,7,9H,3,5-6,8,10-11H2/t25-/m1/s1. The first-order chi connectivity index (χ1) is 12.0. The van der Waals surface area contributed by atoms with Crippen molar-refractivity contribution < 1.29 is 13.7 Å². The highest BCUT2D eigenvalue weighted by Gasteiger charge is 2.22. The number of hydrogen-bond acceptors (Lipinski definition) is 4. The van der Waals surface area contributed by atoms with E-state index in [1.54, 1.807) is 34.4 Å². The lowest BCUT2D eigenvalue weighted by Gasteiger charge is -2.26. The molecule has 4 nitrogen and oxygen atoms in total. The molecule has 25 heavy (non-hydrogen) atoms. The first-order valence-electron chi connectivity index (χ1n) is 7.79. The van der Waals surface area contributed by atoms with Crippen LogP contribution in [-0.4, -0.2) is 39.7 Å². The molecule has 1 aromatic heterocycles. The summed E-state index contributed by atoms with van der Waals surface area (Å²) in [6.07, 6.45) is 0.879. The number of nitrogens with zero attached hydrogens (tertiary/aromatic N) is 1. The highest BCUT2D eigenvalue weighted by Crippen LogP contribution is 2.27. The summed E-state index contributed by atoms with van der Waals surface area (Å²) in [7, 11) is -1.27. The van der Waals surface area contributed by atoms with Crippen molar-refractivity contribution in [3.8, 4) is 5.75 Å². The molecule has 1 atom stereocenters. The SMILES string of the molecule is O=C(C[S@](=O)CCOc1ccc(Cl)cc1Cl)N1CCc2sccc2C1. The van der Waals surface area contributed by atoms with Gasteiger partial charge in [0.05, 0.1) is 17.4 Å². The van der Waals surface area contributed by atoms with Gasteiger partial charge in [0.15, 0.2) is 0 Å². The van der Waals surface area contributed by atoms with Crippen LogP contribution in [0.15, 0.2) is 29.6 Å². The van der Waals surface area contributed by atoms with Crippen LogP contribution in [0.2, 0.25) is 10.0 Å². The maximum Gasteiger partial charge on any atom is 0.235 e. The van der Waals surface area contributed by atoms with E-state index in [-0.39, 0.29) is 24.0 Å². The Morgan fingerprint density at radius 2 is 2.16 bits per heavy atom. The first-order valence-corrected chi connectivity index (χ1v) is 10.9. The molecule has 2 aromatic rings. The lowest BCUT2D eigenvalue weighted by atomic mass is 10.1. The van der Waals surface area contributed by atoms with Crippen molar-refractivity contribution in [3.05, 3.63) is 50.1 Å². The van der Waals surface area contributed by atoms with Crippen LogP contribution in [0.4, 0.5) is 0 Å². The van der Waals surface area contributed by atoms with Gasteiger partial charge < -0.3 is 9.64 Å². The summed E-state index contributed by atoms with van der Waals surface area (Å²) in [4.78, 5) is 15.5. The summed E-state index contributed by atoms with van der Waals surface area (Å²) >= 11 is 13.6. The molecule has 8 heteroatoms. The topological polar surface area (TPSA) is 46.6 Å². The number of halogens is 2. The maximum atomic E-state index is 12.3. The third kappa shape index (κ3) is 4.97. The summed E-state index contributed by atoms with van der Waals surface area (Å²) in [5.74, 6) is 0.731. The van der Waals surface area contributed by atoms with E-state index in [9.17, 15) is 9.00 Å². The molecule has 0 fully saturated rings. The predicted molar refractivity (Wildman–Crippen MR) is 103 cm³/mol. The summed E-state index contributed by atoms with van der Waals surface area (Å²) in [5.41, 5.74) is 1.20. The monoisotopic (exact) mass is 417 g/mol. The van der Waals surface area contributed by atoms with E-state index in [4.69, 9.17) is 27.9 Å². The number of carbonyl (C=O) groups is 1. The van der Waals surface area contributed by atoms with Crippen LogP contribution in [0.25, 0.3) is 0 Å². The second kappa shape index (κ2) is 8.54. The molecule has 134 valence electrons. The first kappa shape index (κ1) is 18.7. The molecule has 0 aliphatic carbocycles. The van der Waals surface area contributed by atoms with E-state index in [0.29, 0.717) is 28.9 Å². The van der Waals surface area contributed by atoms with Gasteiger partial charge in [-0.2, -0.15) is 0 Å². The molecule has 1 aliphatic rings. The zero-order chi connectivity index (χ0) is 17.8. The van der Waals surface area contributed by atoms with Crippen LogP contribution in [0.3, 0.4) is 0 Å². The lowest BCUT2D eigenvalue weighted by Crippen LogP contribution is -2.38. The number of amides is 1. The predicted octanol–water partition coefficient (Wildman–Crippen LogP) is 3.77. The number of carbonyl (C=O) groups excluding carboxylic acids is 1. The van der Waals surface area contributed by atoms with Gasteiger partial charge >= 0.3 is 0 Å². The minimum absolute atomic E-state index is 0.0250. The van der Waals surface area contributed by atoms with Crippen molar-refractivity contribution >= 4 is 51.2 Å². The minimum Gasteiger partial charge on any atom is -0.491 e. The van der Waals surface area contributed by atoms with Crippen molar-refractivity contribution in [2.75, 3.05) is 24.7 Å². The smallest absolute Gasteiger partial charge is 0.235 e. The van der Waals surface area contributed by atoms with Gasteiger partial charge in [-0.15, -0.1) is 11.3 Å². The Bertz CT molecular complexity index is 794. The van der Waals surface area contributed by atoms with Gasteiger partial charge in [-0.1, -0.05) is 23.2 Å². The van der Waals surface area contributed by atoms with E-state index in [1.165, 1.54) is 10.4 Å². The highest BCUT2D eigenvalue weighted by molar-refractivity contribution is 7.85. The Kier molecular flexibility index (Phi) is 6.39. The van der Waals surface area contributed by atoms with Crippen molar-refractivity contribution in [1.82, 2.24) is 4.90 Å². The zero-order valence-electron chi connectivity index (χ0n) is 13.4. The van der Waals surface area contributed by atoms with Crippen molar-refractivity contribution in [1.29, 1.82) is 0 Å². The Morgan fingerprint density at radius 3 is 2.96 bits per heavy atom. The molecule has 0 unspecified atom stereocenters. The Labute approximate surface area is 163 Å². The summed E-state index contributed by atoms with van der Waals surface area (Å²) in [6, 6.07) is 7.00. The molecule has 2 heterocycles. The zero-order valence-corrected chi connectivity index (χ0v) is 16.5. The average Bonchev–Trinajstić information content (AvgIpc) is 3.04.